The third kappa shape index (κ3) is 3.94. The monoisotopic (exact) mass is 395 g/mol. The van der Waals surface area contributed by atoms with E-state index in [0.29, 0.717) is 5.92 Å². The number of ether oxygens (including phenoxy) is 1. The SMILES string of the molecule is CN1CCC(C2(OC(=O)C(Br)Br)CCCCC2)CC1. The van der Waals surface area contributed by atoms with Gasteiger partial charge in [0.2, 0.25) is 0 Å². The molecule has 0 N–H and O–H groups in total. The molecule has 0 bridgehead atoms. The molecule has 5 heteroatoms. The topological polar surface area (TPSA) is 29.5 Å². The van der Waals surface area contributed by atoms with E-state index in [4.69, 9.17) is 4.74 Å². The summed E-state index contributed by atoms with van der Waals surface area (Å²) in [5, 5.41) is 0. The maximum Gasteiger partial charge on any atom is 0.331 e. The summed E-state index contributed by atoms with van der Waals surface area (Å²) in [6.07, 6.45) is 8.04. The number of alkyl halides is 2. The van der Waals surface area contributed by atoms with Crippen molar-refractivity contribution < 1.29 is 9.53 Å². The highest BCUT2D eigenvalue weighted by atomic mass is 79.9. The minimum atomic E-state index is -0.384. The lowest BCUT2D eigenvalue weighted by Crippen LogP contribution is -2.49. The molecule has 2 rings (SSSR count). The van der Waals surface area contributed by atoms with Crippen molar-refractivity contribution in [1.29, 1.82) is 0 Å². The molecule has 0 spiro atoms. The third-order valence-electron chi connectivity index (χ3n) is 4.64. The van der Waals surface area contributed by atoms with Gasteiger partial charge in [-0.1, -0.05) is 38.3 Å². The van der Waals surface area contributed by atoms with E-state index in [1.165, 1.54) is 19.3 Å². The van der Waals surface area contributed by atoms with Crippen LogP contribution in [0, 0.1) is 5.92 Å². The predicted molar refractivity (Wildman–Crippen MR) is 83.8 cm³/mol. The number of hydrogen-bond acceptors (Lipinski definition) is 3. The molecule has 1 saturated carbocycles. The van der Waals surface area contributed by atoms with Crippen LogP contribution in [0.25, 0.3) is 0 Å². The highest BCUT2D eigenvalue weighted by molar-refractivity contribution is 9.25. The van der Waals surface area contributed by atoms with E-state index in [2.05, 4.69) is 43.8 Å². The molecule has 0 aromatic rings. The average Bonchev–Trinajstić information content (AvgIpc) is 2.40. The maximum atomic E-state index is 12.0. The van der Waals surface area contributed by atoms with Crippen molar-refractivity contribution in [2.45, 2.75) is 54.3 Å². The van der Waals surface area contributed by atoms with Gasteiger partial charge < -0.3 is 9.64 Å². The Kier molecular flexibility index (Phi) is 5.73. The van der Waals surface area contributed by atoms with Crippen LogP contribution in [0.2, 0.25) is 0 Å². The van der Waals surface area contributed by atoms with Crippen LogP contribution in [0.1, 0.15) is 44.9 Å². The Bertz CT molecular complexity index is 309. The summed E-state index contributed by atoms with van der Waals surface area (Å²) in [5.41, 5.74) is -0.198. The van der Waals surface area contributed by atoms with Crippen LogP contribution >= 0.6 is 31.9 Å². The normalized spacial score (nSPS) is 25.5. The van der Waals surface area contributed by atoms with Crippen molar-refractivity contribution in [3.63, 3.8) is 0 Å². The summed E-state index contributed by atoms with van der Waals surface area (Å²) >= 11 is 6.52. The largest absolute Gasteiger partial charge is 0.457 e. The second-order valence-electron chi connectivity index (χ2n) is 5.92. The van der Waals surface area contributed by atoms with Gasteiger partial charge in [-0.05, 0) is 58.7 Å². The van der Waals surface area contributed by atoms with Gasteiger partial charge in [0.1, 0.15) is 5.60 Å². The lowest BCUT2D eigenvalue weighted by Gasteiger charge is -2.46. The summed E-state index contributed by atoms with van der Waals surface area (Å²) in [4.78, 5) is 14.4. The minimum Gasteiger partial charge on any atom is -0.457 e. The van der Waals surface area contributed by atoms with Crippen LogP contribution in [0.4, 0.5) is 0 Å². The summed E-state index contributed by atoms with van der Waals surface area (Å²) in [5.74, 6) is 0.368. The molecule has 3 nitrogen and oxygen atoms in total. The van der Waals surface area contributed by atoms with Crippen LogP contribution < -0.4 is 0 Å². The maximum absolute atomic E-state index is 12.0. The zero-order valence-corrected chi connectivity index (χ0v) is 14.7. The third-order valence-corrected chi connectivity index (χ3v) is 5.39. The predicted octanol–water partition coefficient (Wildman–Crippen LogP) is 3.69. The quantitative estimate of drug-likeness (QED) is 0.538. The zero-order valence-electron chi connectivity index (χ0n) is 11.5. The summed E-state index contributed by atoms with van der Waals surface area (Å²) in [6, 6.07) is 0. The van der Waals surface area contributed by atoms with Gasteiger partial charge in [0.15, 0.2) is 3.74 Å². The van der Waals surface area contributed by atoms with Crippen molar-refractivity contribution in [2.75, 3.05) is 20.1 Å². The molecule has 110 valence electrons. The molecule has 1 heterocycles. The Morgan fingerprint density at radius 1 is 1.21 bits per heavy atom. The Hall–Kier alpha value is 0.390. The molecule has 0 amide bonds. The van der Waals surface area contributed by atoms with Crippen molar-refractivity contribution in [3.05, 3.63) is 0 Å². The smallest absolute Gasteiger partial charge is 0.331 e. The first-order valence-corrected chi connectivity index (χ1v) is 9.06. The first kappa shape index (κ1) is 15.8. The van der Waals surface area contributed by atoms with Crippen molar-refractivity contribution in [3.8, 4) is 0 Å². The number of likely N-dealkylation sites (tertiary alicyclic amines) is 1. The molecule has 1 aliphatic heterocycles. The molecule has 19 heavy (non-hydrogen) atoms. The zero-order chi connectivity index (χ0) is 13.9. The van der Waals surface area contributed by atoms with Crippen LogP contribution in [-0.4, -0.2) is 40.3 Å². The minimum absolute atomic E-state index is 0.166. The highest BCUT2D eigenvalue weighted by Gasteiger charge is 2.44. The van der Waals surface area contributed by atoms with Gasteiger partial charge in [-0.25, -0.2) is 4.79 Å². The fourth-order valence-corrected chi connectivity index (χ4v) is 3.71. The van der Waals surface area contributed by atoms with Gasteiger partial charge in [0.25, 0.3) is 0 Å². The Morgan fingerprint density at radius 2 is 1.79 bits per heavy atom. The highest BCUT2D eigenvalue weighted by Crippen LogP contribution is 2.42. The van der Waals surface area contributed by atoms with E-state index in [-0.39, 0.29) is 15.3 Å². The van der Waals surface area contributed by atoms with E-state index in [1.54, 1.807) is 0 Å². The second-order valence-corrected chi connectivity index (χ2v) is 8.98. The van der Waals surface area contributed by atoms with Gasteiger partial charge in [-0.3, -0.25) is 0 Å². The molecule has 0 radical (unpaired) electrons. The molecule has 1 aliphatic carbocycles. The van der Waals surface area contributed by atoms with E-state index in [0.717, 1.165) is 38.8 Å². The molecule has 0 atom stereocenters. The molecular formula is C14H23Br2NO2. The van der Waals surface area contributed by atoms with Crippen LogP contribution in [0.15, 0.2) is 0 Å². The lowest BCUT2D eigenvalue weighted by atomic mass is 9.71. The van der Waals surface area contributed by atoms with E-state index < -0.39 is 0 Å². The molecular weight excluding hydrogens is 374 g/mol. The first-order valence-electron chi connectivity index (χ1n) is 7.23. The number of carbonyl (C=O) groups excluding carboxylic acids is 1. The summed E-state index contributed by atoms with van der Waals surface area (Å²) < 4.78 is 5.58. The molecule has 0 aromatic carbocycles. The molecule has 2 fully saturated rings. The van der Waals surface area contributed by atoms with Gasteiger partial charge in [0.05, 0.1) is 0 Å². The molecule has 0 unspecified atom stereocenters. The van der Waals surface area contributed by atoms with E-state index >= 15 is 0 Å². The number of halogens is 2. The first-order chi connectivity index (χ1) is 9.03. The number of esters is 1. The van der Waals surface area contributed by atoms with Gasteiger partial charge in [-0.2, -0.15) is 0 Å². The Morgan fingerprint density at radius 3 is 2.32 bits per heavy atom. The van der Waals surface area contributed by atoms with Gasteiger partial charge in [0, 0.05) is 5.92 Å². The van der Waals surface area contributed by atoms with Crippen LogP contribution in [0.3, 0.4) is 0 Å². The van der Waals surface area contributed by atoms with Crippen LogP contribution in [-0.2, 0) is 9.53 Å². The van der Waals surface area contributed by atoms with Crippen LogP contribution in [0.5, 0.6) is 0 Å². The summed E-state index contributed by atoms with van der Waals surface area (Å²) in [7, 11) is 2.17. The molecule has 0 aromatic heterocycles. The summed E-state index contributed by atoms with van der Waals surface area (Å²) in [6.45, 7) is 2.24. The second kappa shape index (κ2) is 6.90. The lowest BCUT2D eigenvalue weighted by molar-refractivity contribution is -0.171. The molecule has 1 saturated heterocycles. The molecule has 2 aliphatic rings. The van der Waals surface area contributed by atoms with Crippen molar-refractivity contribution in [2.24, 2.45) is 5.92 Å². The van der Waals surface area contributed by atoms with Crippen molar-refractivity contribution >= 4 is 37.8 Å². The number of carbonyl (C=O) groups is 1. The fraction of sp³-hybridized carbons (Fsp3) is 0.929. The number of piperidine rings is 1. The van der Waals surface area contributed by atoms with Crippen molar-refractivity contribution in [1.82, 2.24) is 4.90 Å². The number of nitrogens with zero attached hydrogens (tertiary/aromatic N) is 1. The average molecular weight is 397 g/mol. The number of rotatable bonds is 3. The van der Waals surface area contributed by atoms with E-state index in [9.17, 15) is 4.79 Å². The standard InChI is InChI=1S/C14H23Br2NO2/c1-17-9-5-11(6-10-17)14(7-3-2-4-8-14)19-13(18)12(15)16/h11-12H,2-10H2,1H3. The van der Waals surface area contributed by atoms with Gasteiger partial charge in [-0.15, -0.1) is 0 Å². The number of hydrogen-bond donors (Lipinski definition) is 0. The van der Waals surface area contributed by atoms with Gasteiger partial charge >= 0.3 is 5.97 Å². The Labute approximate surface area is 132 Å². The Balaban J connectivity index is 2.07. The van der Waals surface area contributed by atoms with E-state index in [1.807, 2.05) is 0 Å². The fourth-order valence-electron chi connectivity index (χ4n) is 3.52.